The topological polar surface area (TPSA) is 52.3 Å². The molecule has 0 heterocycles. The zero-order valence-electron chi connectivity index (χ0n) is 9.09. The zero-order valence-corrected chi connectivity index (χ0v) is 9.09. The summed E-state index contributed by atoms with van der Waals surface area (Å²) >= 11 is 0. The van der Waals surface area contributed by atoms with Crippen molar-refractivity contribution in [2.24, 2.45) is 17.1 Å². The zero-order chi connectivity index (χ0) is 10.5. The molecule has 0 aliphatic carbocycles. The minimum absolute atomic E-state index is 0.114. The molecule has 0 aromatic carbocycles. The Kier molecular flexibility index (Phi) is 4.99. The lowest BCUT2D eigenvalue weighted by Gasteiger charge is -2.31. The molecular weight excluding hydrogens is 166 g/mol. The average molecular weight is 187 g/mol. The van der Waals surface area contributed by atoms with Crippen LogP contribution in [0.4, 0.5) is 0 Å². The third kappa shape index (κ3) is 3.77. The number of rotatable bonds is 5. The van der Waals surface area contributed by atoms with Gasteiger partial charge < -0.3 is 10.5 Å². The third-order valence-electron chi connectivity index (χ3n) is 2.94. The fourth-order valence-corrected chi connectivity index (χ4v) is 1.25. The normalized spacial score (nSPS) is 13.9. The largest absolute Gasteiger partial charge is 0.469 e. The van der Waals surface area contributed by atoms with Crippen LogP contribution >= 0.6 is 0 Å². The third-order valence-corrected chi connectivity index (χ3v) is 2.94. The van der Waals surface area contributed by atoms with E-state index in [1.165, 1.54) is 7.11 Å². The van der Waals surface area contributed by atoms with Crippen molar-refractivity contribution < 1.29 is 9.53 Å². The van der Waals surface area contributed by atoms with Crippen molar-refractivity contribution in [2.75, 3.05) is 13.7 Å². The molecule has 0 aliphatic rings. The lowest BCUT2D eigenvalue weighted by atomic mass is 9.75. The average Bonchev–Trinajstić information content (AvgIpc) is 2.13. The lowest BCUT2D eigenvalue weighted by molar-refractivity contribution is -0.142. The summed E-state index contributed by atoms with van der Waals surface area (Å²) in [5, 5.41) is 0. The molecule has 0 bridgehead atoms. The first kappa shape index (κ1) is 12.4. The van der Waals surface area contributed by atoms with Crippen molar-refractivity contribution in [1.29, 1.82) is 0 Å². The second-order valence-electron chi connectivity index (χ2n) is 4.06. The first-order valence-corrected chi connectivity index (χ1v) is 4.74. The summed E-state index contributed by atoms with van der Waals surface area (Å²) in [7, 11) is 1.41. The van der Waals surface area contributed by atoms with Crippen molar-refractivity contribution in [1.82, 2.24) is 0 Å². The summed E-state index contributed by atoms with van der Waals surface area (Å²) in [6, 6.07) is 0. The van der Waals surface area contributed by atoms with E-state index in [4.69, 9.17) is 5.73 Å². The highest BCUT2D eigenvalue weighted by atomic mass is 16.5. The lowest BCUT2D eigenvalue weighted by Crippen LogP contribution is -2.32. The number of carbonyl (C=O) groups is 1. The number of hydrogen-bond donors (Lipinski definition) is 1. The number of hydrogen-bond acceptors (Lipinski definition) is 3. The smallest absolute Gasteiger partial charge is 0.305 e. The summed E-state index contributed by atoms with van der Waals surface area (Å²) < 4.78 is 4.63. The monoisotopic (exact) mass is 187 g/mol. The van der Waals surface area contributed by atoms with Crippen LogP contribution in [0, 0.1) is 11.3 Å². The molecule has 3 heteroatoms. The Hall–Kier alpha value is -0.570. The molecule has 3 nitrogen and oxygen atoms in total. The van der Waals surface area contributed by atoms with Crippen molar-refractivity contribution in [3.05, 3.63) is 0 Å². The van der Waals surface area contributed by atoms with Gasteiger partial charge in [0.2, 0.25) is 0 Å². The quantitative estimate of drug-likeness (QED) is 0.664. The Balaban J connectivity index is 4.25. The van der Waals surface area contributed by atoms with Crippen molar-refractivity contribution in [2.45, 2.75) is 33.6 Å². The predicted octanol–water partition coefficient (Wildman–Crippen LogP) is 1.56. The molecule has 0 aromatic rings. The summed E-state index contributed by atoms with van der Waals surface area (Å²) in [5.74, 6) is 0.0434. The van der Waals surface area contributed by atoms with E-state index < -0.39 is 0 Å². The molecule has 13 heavy (non-hydrogen) atoms. The van der Waals surface area contributed by atoms with Crippen LogP contribution in [0.25, 0.3) is 0 Å². The molecule has 1 unspecified atom stereocenters. The molecule has 0 aliphatic heterocycles. The van der Waals surface area contributed by atoms with Gasteiger partial charge in [-0.25, -0.2) is 0 Å². The van der Waals surface area contributed by atoms with E-state index in [2.05, 4.69) is 25.5 Å². The fourth-order valence-electron chi connectivity index (χ4n) is 1.25. The van der Waals surface area contributed by atoms with Gasteiger partial charge in [0.05, 0.1) is 13.5 Å². The van der Waals surface area contributed by atoms with Crippen LogP contribution in [-0.2, 0) is 9.53 Å². The highest BCUT2D eigenvalue weighted by Crippen LogP contribution is 2.32. The molecule has 2 N–H and O–H groups in total. The summed E-state index contributed by atoms with van der Waals surface area (Å²) in [6.45, 7) is 6.91. The Morgan fingerprint density at radius 3 is 2.38 bits per heavy atom. The first-order chi connectivity index (χ1) is 5.97. The molecule has 0 aromatic heterocycles. The van der Waals surface area contributed by atoms with E-state index in [1.807, 2.05) is 0 Å². The van der Waals surface area contributed by atoms with Gasteiger partial charge in [-0.05, 0) is 17.9 Å². The Bertz CT molecular complexity index is 166. The van der Waals surface area contributed by atoms with Gasteiger partial charge >= 0.3 is 5.97 Å². The number of ether oxygens (including phenoxy) is 1. The van der Waals surface area contributed by atoms with Crippen molar-refractivity contribution in [3.63, 3.8) is 0 Å². The molecule has 0 saturated carbocycles. The summed E-state index contributed by atoms with van der Waals surface area (Å²) in [6.07, 6.45) is 1.44. The molecule has 1 atom stereocenters. The van der Waals surface area contributed by atoms with E-state index in [9.17, 15) is 4.79 Å². The Morgan fingerprint density at radius 1 is 1.54 bits per heavy atom. The van der Waals surface area contributed by atoms with Gasteiger partial charge in [0.15, 0.2) is 0 Å². The second kappa shape index (κ2) is 5.22. The molecule has 78 valence electrons. The van der Waals surface area contributed by atoms with Crippen molar-refractivity contribution >= 4 is 5.97 Å². The van der Waals surface area contributed by atoms with Gasteiger partial charge in [0, 0.05) is 0 Å². The standard InChI is InChI=1S/C10H21NO2/c1-5-10(2,3)8(7-11)6-9(12)13-4/h8H,5-7,11H2,1-4H3. The number of carbonyl (C=O) groups excluding carboxylic acids is 1. The van der Waals surface area contributed by atoms with E-state index >= 15 is 0 Å². The van der Waals surface area contributed by atoms with Gasteiger partial charge in [-0.3, -0.25) is 4.79 Å². The number of nitrogens with two attached hydrogens (primary N) is 1. The second-order valence-corrected chi connectivity index (χ2v) is 4.06. The van der Waals surface area contributed by atoms with Crippen molar-refractivity contribution in [3.8, 4) is 0 Å². The van der Waals surface area contributed by atoms with Crippen LogP contribution < -0.4 is 5.73 Å². The minimum atomic E-state index is -0.169. The molecule has 0 saturated heterocycles. The van der Waals surface area contributed by atoms with Gasteiger partial charge in [-0.15, -0.1) is 0 Å². The highest BCUT2D eigenvalue weighted by Gasteiger charge is 2.28. The molecule has 0 rings (SSSR count). The SMILES string of the molecule is CCC(C)(C)C(CN)CC(=O)OC. The van der Waals surface area contributed by atoms with Crippen LogP contribution in [0.5, 0.6) is 0 Å². The molecular formula is C10H21NO2. The Labute approximate surface area is 80.6 Å². The van der Waals surface area contributed by atoms with E-state index in [1.54, 1.807) is 0 Å². The summed E-state index contributed by atoms with van der Waals surface area (Å²) in [4.78, 5) is 11.1. The van der Waals surface area contributed by atoms with E-state index in [0.29, 0.717) is 13.0 Å². The maximum absolute atomic E-state index is 11.1. The number of methoxy groups -OCH3 is 1. The first-order valence-electron chi connectivity index (χ1n) is 4.74. The van der Waals surface area contributed by atoms with Gasteiger partial charge in [-0.2, -0.15) is 0 Å². The van der Waals surface area contributed by atoms with Crippen LogP contribution in [0.1, 0.15) is 33.6 Å². The van der Waals surface area contributed by atoms with Crippen LogP contribution in [0.15, 0.2) is 0 Å². The maximum atomic E-state index is 11.1. The molecule has 0 fully saturated rings. The maximum Gasteiger partial charge on any atom is 0.305 e. The van der Waals surface area contributed by atoms with Crippen LogP contribution in [-0.4, -0.2) is 19.6 Å². The van der Waals surface area contributed by atoms with Gasteiger partial charge in [0.1, 0.15) is 0 Å². The molecule has 0 spiro atoms. The predicted molar refractivity (Wildman–Crippen MR) is 53.2 cm³/mol. The highest BCUT2D eigenvalue weighted by molar-refractivity contribution is 5.69. The van der Waals surface area contributed by atoms with E-state index in [0.717, 1.165) is 6.42 Å². The van der Waals surface area contributed by atoms with Gasteiger partial charge in [0.25, 0.3) is 0 Å². The summed E-state index contributed by atoms with van der Waals surface area (Å²) in [5.41, 5.74) is 5.74. The van der Waals surface area contributed by atoms with E-state index in [-0.39, 0.29) is 17.3 Å². The minimum Gasteiger partial charge on any atom is -0.469 e. The fraction of sp³-hybridized carbons (Fsp3) is 0.900. The van der Waals surface area contributed by atoms with Gasteiger partial charge in [-0.1, -0.05) is 27.2 Å². The van der Waals surface area contributed by atoms with Crippen LogP contribution in [0.3, 0.4) is 0 Å². The van der Waals surface area contributed by atoms with Crippen LogP contribution in [0.2, 0.25) is 0 Å². The number of esters is 1. The molecule has 0 radical (unpaired) electrons. The molecule has 0 amide bonds. The Morgan fingerprint density at radius 2 is 2.08 bits per heavy atom.